The van der Waals surface area contributed by atoms with E-state index < -0.39 is 8.96 Å². The quantitative estimate of drug-likeness (QED) is 0.383. The van der Waals surface area contributed by atoms with E-state index in [-0.39, 0.29) is 0 Å². The van der Waals surface area contributed by atoms with Gasteiger partial charge in [-0.3, -0.25) is 0 Å². The van der Waals surface area contributed by atoms with Crippen molar-refractivity contribution in [1.82, 2.24) is 4.57 Å². The predicted molar refractivity (Wildman–Crippen MR) is 78.7 cm³/mol. The average molecular weight is 244 g/mol. The zero-order chi connectivity index (χ0) is 12.2. The van der Waals surface area contributed by atoms with Gasteiger partial charge in [0, 0.05) is 0 Å². The molecular weight excluding hydrogens is 210 g/mol. The SMILES string of the molecule is CCCCCCCCCCCN(C)[SiH](C)C. The third-order valence-electron chi connectivity index (χ3n) is 3.50. The molecule has 1 nitrogen and oxygen atoms in total. The molecule has 2 heteroatoms. The Hall–Kier alpha value is 0.177. The summed E-state index contributed by atoms with van der Waals surface area (Å²) in [6.45, 7) is 8.44. The van der Waals surface area contributed by atoms with E-state index in [4.69, 9.17) is 0 Å². The molecule has 0 spiro atoms. The topological polar surface area (TPSA) is 3.24 Å². The van der Waals surface area contributed by atoms with Crippen molar-refractivity contribution in [3.05, 3.63) is 0 Å². The Morgan fingerprint density at radius 3 is 1.62 bits per heavy atom. The maximum atomic E-state index is 2.58. The number of unbranched alkanes of at least 4 members (excludes halogenated alkanes) is 8. The van der Waals surface area contributed by atoms with Gasteiger partial charge in [0.15, 0.2) is 0 Å². The molecule has 0 saturated carbocycles. The van der Waals surface area contributed by atoms with Crippen LogP contribution in [-0.2, 0) is 0 Å². The van der Waals surface area contributed by atoms with Crippen molar-refractivity contribution in [3.8, 4) is 0 Å². The molecule has 0 bridgehead atoms. The number of rotatable bonds is 11. The largest absolute Gasteiger partial charge is 0.329 e. The van der Waals surface area contributed by atoms with Crippen LogP contribution in [0.1, 0.15) is 64.7 Å². The summed E-state index contributed by atoms with van der Waals surface area (Å²) in [7, 11) is 1.78. The molecule has 0 aliphatic carbocycles. The molecule has 0 heterocycles. The van der Waals surface area contributed by atoms with Gasteiger partial charge in [0.2, 0.25) is 0 Å². The summed E-state index contributed by atoms with van der Waals surface area (Å²) in [6, 6.07) is 0. The van der Waals surface area contributed by atoms with Gasteiger partial charge in [-0.2, -0.15) is 0 Å². The highest BCUT2D eigenvalue weighted by atomic mass is 28.3. The predicted octanol–water partition coefficient (Wildman–Crippen LogP) is 4.43. The van der Waals surface area contributed by atoms with E-state index >= 15 is 0 Å². The molecule has 0 aromatic heterocycles. The minimum absolute atomic E-state index is 0.509. The molecule has 0 rings (SSSR count). The first-order valence-corrected chi connectivity index (χ1v) is 10.2. The lowest BCUT2D eigenvalue weighted by Gasteiger charge is -2.19. The molecule has 98 valence electrons. The molecule has 0 saturated heterocycles. The lowest BCUT2D eigenvalue weighted by atomic mass is 10.1. The van der Waals surface area contributed by atoms with Gasteiger partial charge >= 0.3 is 0 Å². The maximum absolute atomic E-state index is 2.58. The van der Waals surface area contributed by atoms with E-state index in [0.717, 1.165) is 0 Å². The van der Waals surface area contributed by atoms with Crippen LogP contribution in [0.3, 0.4) is 0 Å². The molecule has 0 aliphatic heterocycles. The second-order valence-corrected chi connectivity index (χ2v) is 8.47. The third-order valence-corrected chi connectivity index (χ3v) is 5.52. The zero-order valence-corrected chi connectivity index (χ0v) is 13.3. The van der Waals surface area contributed by atoms with Crippen molar-refractivity contribution >= 4 is 8.96 Å². The summed E-state index contributed by atoms with van der Waals surface area (Å²) in [5, 5.41) is 0. The van der Waals surface area contributed by atoms with Crippen molar-refractivity contribution in [1.29, 1.82) is 0 Å². The number of hydrogen-bond acceptors (Lipinski definition) is 1. The molecule has 0 N–H and O–H groups in total. The first kappa shape index (κ1) is 16.2. The Morgan fingerprint density at radius 2 is 1.19 bits per heavy atom. The Labute approximate surface area is 105 Å². The molecule has 16 heavy (non-hydrogen) atoms. The third kappa shape index (κ3) is 10.7. The molecule has 0 aromatic carbocycles. The van der Waals surface area contributed by atoms with Crippen LogP contribution in [0, 0.1) is 0 Å². The summed E-state index contributed by atoms with van der Waals surface area (Å²) in [6.07, 6.45) is 13.0. The highest BCUT2D eigenvalue weighted by Crippen LogP contribution is 2.09. The molecule has 0 radical (unpaired) electrons. The fourth-order valence-corrected chi connectivity index (χ4v) is 2.63. The van der Waals surface area contributed by atoms with E-state index in [1.54, 1.807) is 0 Å². The van der Waals surface area contributed by atoms with E-state index in [2.05, 4.69) is 31.6 Å². The molecular formula is C14H33NSi. The Morgan fingerprint density at radius 1 is 0.750 bits per heavy atom. The Balaban J connectivity index is 3.04. The molecule has 0 amide bonds. The first-order chi connectivity index (χ1) is 7.68. The van der Waals surface area contributed by atoms with Gasteiger partial charge in [-0.1, -0.05) is 71.4 Å². The van der Waals surface area contributed by atoms with Crippen molar-refractivity contribution in [3.63, 3.8) is 0 Å². The normalized spacial score (nSPS) is 11.6. The van der Waals surface area contributed by atoms with Gasteiger partial charge in [0.25, 0.3) is 0 Å². The minimum Gasteiger partial charge on any atom is -0.329 e. The summed E-state index contributed by atoms with van der Waals surface area (Å²) >= 11 is 0. The highest BCUT2D eigenvalue weighted by molar-refractivity contribution is 6.52. The molecule has 0 atom stereocenters. The highest BCUT2D eigenvalue weighted by Gasteiger charge is 2.02. The lowest BCUT2D eigenvalue weighted by Crippen LogP contribution is -2.31. The fraction of sp³-hybridized carbons (Fsp3) is 1.00. The van der Waals surface area contributed by atoms with E-state index in [9.17, 15) is 0 Å². The van der Waals surface area contributed by atoms with Crippen molar-refractivity contribution in [2.45, 2.75) is 77.8 Å². The maximum Gasteiger partial charge on any atom is 0.105 e. The second kappa shape index (κ2) is 11.7. The number of nitrogens with zero attached hydrogens (tertiary/aromatic N) is 1. The Kier molecular flexibility index (Phi) is 11.8. The van der Waals surface area contributed by atoms with Gasteiger partial charge in [0.05, 0.1) is 0 Å². The summed E-state index contributed by atoms with van der Waals surface area (Å²) in [5.74, 6) is 0. The van der Waals surface area contributed by atoms with Crippen molar-refractivity contribution < 1.29 is 0 Å². The standard InChI is InChI=1S/C14H33NSi/c1-5-6-7-8-9-10-11-12-13-14-15(2)16(3)4/h16H,5-14H2,1-4H3. The van der Waals surface area contributed by atoms with Gasteiger partial charge in [-0.05, 0) is 20.0 Å². The van der Waals surface area contributed by atoms with Crippen LogP contribution >= 0.6 is 0 Å². The first-order valence-electron chi connectivity index (χ1n) is 7.38. The minimum atomic E-state index is -0.509. The molecule has 0 unspecified atom stereocenters. The van der Waals surface area contributed by atoms with Crippen LogP contribution in [0.4, 0.5) is 0 Å². The van der Waals surface area contributed by atoms with Crippen LogP contribution in [0.2, 0.25) is 13.1 Å². The summed E-state index contributed by atoms with van der Waals surface area (Å²) in [5.41, 5.74) is 0. The molecule has 0 fully saturated rings. The average Bonchev–Trinajstić information content (AvgIpc) is 2.26. The van der Waals surface area contributed by atoms with Crippen LogP contribution in [-0.4, -0.2) is 27.1 Å². The second-order valence-electron chi connectivity index (χ2n) is 5.40. The van der Waals surface area contributed by atoms with E-state index in [1.807, 2.05) is 0 Å². The smallest absolute Gasteiger partial charge is 0.105 e. The van der Waals surface area contributed by atoms with Crippen LogP contribution in [0.25, 0.3) is 0 Å². The van der Waals surface area contributed by atoms with Crippen LogP contribution in [0.5, 0.6) is 0 Å². The van der Waals surface area contributed by atoms with Gasteiger partial charge in [-0.15, -0.1) is 0 Å². The van der Waals surface area contributed by atoms with Gasteiger partial charge < -0.3 is 4.57 Å². The fourth-order valence-electron chi connectivity index (χ4n) is 1.93. The van der Waals surface area contributed by atoms with E-state index in [1.165, 1.54) is 64.3 Å². The van der Waals surface area contributed by atoms with Crippen LogP contribution < -0.4 is 0 Å². The summed E-state index contributed by atoms with van der Waals surface area (Å²) < 4.78 is 2.58. The van der Waals surface area contributed by atoms with Gasteiger partial charge in [0.1, 0.15) is 8.96 Å². The van der Waals surface area contributed by atoms with Gasteiger partial charge in [-0.25, -0.2) is 0 Å². The zero-order valence-electron chi connectivity index (χ0n) is 12.1. The molecule has 0 aromatic rings. The summed E-state index contributed by atoms with van der Waals surface area (Å²) in [4.78, 5) is 0. The van der Waals surface area contributed by atoms with Crippen molar-refractivity contribution in [2.75, 3.05) is 13.6 Å². The number of hydrogen-bond donors (Lipinski definition) is 0. The Bertz CT molecular complexity index is 137. The molecule has 0 aliphatic rings. The van der Waals surface area contributed by atoms with E-state index in [0.29, 0.717) is 0 Å². The lowest BCUT2D eigenvalue weighted by molar-refractivity contribution is 0.477. The van der Waals surface area contributed by atoms with Crippen LogP contribution in [0.15, 0.2) is 0 Å². The van der Waals surface area contributed by atoms with Crippen molar-refractivity contribution in [2.24, 2.45) is 0 Å². The monoisotopic (exact) mass is 243 g/mol.